The normalized spacial score (nSPS) is 26.7. The minimum Gasteiger partial charge on any atom is -0.493 e. The molecule has 0 spiro atoms. The topological polar surface area (TPSA) is 21.3 Å². The van der Waals surface area contributed by atoms with Crippen molar-refractivity contribution in [2.24, 2.45) is 5.92 Å². The van der Waals surface area contributed by atoms with Crippen LogP contribution in [0, 0.1) is 5.92 Å². The van der Waals surface area contributed by atoms with E-state index in [1.807, 2.05) is 0 Å². The van der Waals surface area contributed by atoms with Crippen molar-refractivity contribution < 1.29 is 4.74 Å². The van der Waals surface area contributed by atoms with Crippen LogP contribution in [-0.2, 0) is 13.0 Å². The zero-order valence-corrected chi connectivity index (χ0v) is 11.2. The van der Waals surface area contributed by atoms with Crippen LogP contribution in [-0.4, -0.2) is 12.6 Å². The Morgan fingerprint density at radius 2 is 2.28 bits per heavy atom. The summed E-state index contributed by atoms with van der Waals surface area (Å²) in [4.78, 5) is 0. The molecule has 2 unspecified atom stereocenters. The fraction of sp³-hybridized carbons (Fsp3) is 0.625. The van der Waals surface area contributed by atoms with Gasteiger partial charge in [0.15, 0.2) is 0 Å². The van der Waals surface area contributed by atoms with Gasteiger partial charge in [0.05, 0.1) is 6.61 Å². The van der Waals surface area contributed by atoms with E-state index >= 15 is 0 Å². The highest BCUT2D eigenvalue weighted by Crippen LogP contribution is 2.27. The van der Waals surface area contributed by atoms with E-state index in [-0.39, 0.29) is 0 Å². The number of rotatable bonds is 3. The van der Waals surface area contributed by atoms with Crippen LogP contribution in [0.1, 0.15) is 43.7 Å². The van der Waals surface area contributed by atoms with Crippen LogP contribution in [0.25, 0.3) is 0 Å². The highest BCUT2D eigenvalue weighted by molar-refractivity contribution is 5.39. The van der Waals surface area contributed by atoms with Gasteiger partial charge in [-0.1, -0.05) is 31.9 Å². The van der Waals surface area contributed by atoms with Crippen LogP contribution in [0.4, 0.5) is 0 Å². The molecular weight excluding hydrogens is 222 g/mol. The minimum absolute atomic E-state index is 0.721. The summed E-state index contributed by atoms with van der Waals surface area (Å²) >= 11 is 0. The van der Waals surface area contributed by atoms with Crippen molar-refractivity contribution in [3.8, 4) is 5.75 Å². The standard InChI is InChI=1S/C16H23NO/c1-12-3-2-4-15(9-12)17-11-13-5-6-16-14(10-13)7-8-18-16/h5-6,10,12,15,17H,2-4,7-9,11H2,1H3. The molecule has 3 rings (SSSR count). The van der Waals surface area contributed by atoms with Crippen LogP contribution >= 0.6 is 0 Å². The van der Waals surface area contributed by atoms with E-state index < -0.39 is 0 Å². The molecule has 1 saturated carbocycles. The second-order valence-electron chi connectivity index (χ2n) is 5.89. The molecule has 1 heterocycles. The Morgan fingerprint density at radius 3 is 3.17 bits per heavy atom. The number of hydrogen-bond acceptors (Lipinski definition) is 2. The maximum Gasteiger partial charge on any atom is 0.122 e. The summed E-state index contributed by atoms with van der Waals surface area (Å²) in [5.74, 6) is 1.98. The first-order valence-corrected chi connectivity index (χ1v) is 7.29. The smallest absolute Gasteiger partial charge is 0.122 e. The van der Waals surface area contributed by atoms with Crippen molar-refractivity contribution >= 4 is 0 Å². The van der Waals surface area contributed by atoms with Crippen molar-refractivity contribution in [3.05, 3.63) is 29.3 Å². The average molecular weight is 245 g/mol. The summed E-state index contributed by atoms with van der Waals surface area (Å²) in [6, 6.07) is 7.35. The zero-order valence-electron chi connectivity index (χ0n) is 11.2. The number of nitrogens with one attached hydrogen (secondary N) is 1. The molecule has 98 valence electrons. The Balaban J connectivity index is 1.56. The van der Waals surface area contributed by atoms with Gasteiger partial charge in [0.25, 0.3) is 0 Å². The molecule has 2 aliphatic rings. The fourth-order valence-corrected chi connectivity index (χ4v) is 3.23. The molecule has 1 aliphatic heterocycles. The van der Waals surface area contributed by atoms with Crippen LogP contribution in [0.3, 0.4) is 0 Å². The van der Waals surface area contributed by atoms with E-state index in [9.17, 15) is 0 Å². The van der Waals surface area contributed by atoms with Gasteiger partial charge in [-0.15, -0.1) is 0 Å². The van der Waals surface area contributed by atoms with Crippen LogP contribution < -0.4 is 10.1 Å². The monoisotopic (exact) mass is 245 g/mol. The maximum absolute atomic E-state index is 5.54. The number of hydrogen-bond donors (Lipinski definition) is 1. The third-order valence-electron chi connectivity index (χ3n) is 4.29. The van der Waals surface area contributed by atoms with Crippen LogP contribution in [0.5, 0.6) is 5.75 Å². The van der Waals surface area contributed by atoms with Crippen molar-refractivity contribution in [2.45, 2.75) is 51.6 Å². The second kappa shape index (κ2) is 5.31. The Hall–Kier alpha value is -1.02. The predicted octanol–water partition coefficient (Wildman–Crippen LogP) is 3.29. The Morgan fingerprint density at radius 1 is 1.33 bits per heavy atom. The highest BCUT2D eigenvalue weighted by atomic mass is 16.5. The lowest BCUT2D eigenvalue weighted by atomic mass is 9.87. The summed E-state index contributed by atoms with van der Waals surface area (Å²) in [6.07, 6.45) is 6.56. The SMILES string of the molecule is CC1CCCC(NCc2ccc3c(c2)CCO3)C1. The summed E-state index contributed by atoms with van der Waals surface area (Å²) in [7, 11) is 0. The van der Waals surface area contributed by atoms with Crippen LogP contribution in [0.15, 0.2) is 18.2 Å². The lowest BCUT2D eigenvalue weighted by Crippen LogP contribution is -2.33. The molecule has 1 aliphatic carbocycles. The van der Waals surface area contributed by atoms with Crippen LogP contribution in [0.2, 0.25) is 0 Å². The number of benzene rings is 1. The molecule has 2 heteroatoms. The molecule has 0 bridgehead atoms. The number of ether oxygens (including phenoxy) is 1. The Bertz CT molecular complexity index is 416. The highest BCUT2D eigenvalue weighted by Gasteiger charge is 2.18. The molecule has 1 aromatic rings. The van der Waals surface area contributed by atoms with Gasteiger partial charge < -0.3 is 10.1 Å². The molecule has 0 aromatic heterocycles. The first-order chi connectivity index (χ1) is 8.81. The van der Waals surface area contributed by atoms with Crippen molar-refractivity contribution in [1.82, 2.24) is 5.32 Å². The summed E-state index contributed by atoms with van der Waals surface area (Å²) in [5, 5.41) is 3.72. The molecule has 1 N–H and O–H groups in total. The molecule has 0 radical (unpaired) electrons. The Kier molecular flexibility index (Phi) is 3.55. The van der Waals surface area contributed by atoms with E-state index in [0.717, 1.165) is 37.3 Å². The molecule has 0 amide bonds. The van der Waals surface area contributed by atoms with Crippen molar-refractivity contribution in [1.29, 1.82) is 0 Å². The number of fused-ring (bicyclic) bond motifs is 1. The maximum atomic E-state index is 5.54. The lowest BCUT2D eigenvalue weighted by molar-refractivity contribution is 0.300. The molecule has 2 atom stereocenters. The second-order valence-corrected chi connectivity index (χ2v) is 5.89. The van der Waals surface area contributed by atoms with Gasteiger partial charge >= 0.3 is 0 Å². The fourth-order valence-electron chi connectivity index (χ4n) is 3.23. The molecule has 0 saturated heterocycles. The molecular formula is C16H23NO. The van der Waals surface area contributed by atoms with Gasteiger partial charge in [-0.25, -0.2) is 0 Å². The van der Waals surface area contributed by atoms with Crippen molar-refractivity contribution in [3.63, 3.8) is 0 Å². The van der Waals surface area contributed by atoms with E-state index in [4.69, 9.17) is 4.74 Å². The van der Waals surface area contributed by atoms with Gasteiger partial charge in [-0.05, 0) is 36.0 Å². The van der Waals surface area contributed by atoms with Gasteiger partial charge in [0.1, 0.15) is 5.75 Å². The zero-order chi connectivity index (χ0) is 12.4. The average Bonchev–Trinajstić information content (AvgIpc) is 2.84. The lowest BCUT2D eigenvalue weighted by Gasteiger charge is -2.27. The Labute approximate surface area is 110 Å². The van der Waals surface area contributed by atoms with E-state index in [1.165, 1.54) is 36.8 Å². The summed E-state index contributed by atoms with van der Waals surface area (Å²) < 4.78 is 5.54. The van der Waals surface area contributed by atoms with Gasteiger partial charge in [0, 0.05) is 19.0 Å². The van der Waals surface area contributed by atoms with E-state index in [0.29, 0.717) is 0 Å². The van der Waals surface area contributed by atoms with Gasteiger partial charge in [0.2, 0.25) is 0 Å². The predicted molar refractivity (Wildman–Crippen MR) is 73.9 cm³/mol. The summed E-state index contributed by atoms with van der Waals surface area (Å²) in [6.45, 7) is 4.23. The van der Waals surface area contributed by atoms with E-state index in [1.54, 1.807) is 0 Å². The van der Waals surface area contributed by atoms with Gasteiger partial charge in [-0.3, -0.25) is 0 Å². The molecule has 2 nitrogen and oxygen atoms in total. The first kappa shape index (κ1) is 12.0. The minimum atomic E-state index is 0.721. The largest absolute Gasteiger partial charge is 0.493 e. The third-order valence-corrected chi connectivity index (χ3v) is 4.29. The van der Waals surface area contributed by atoms with Gasteiger partial charge in [-0.2, -0.15) is 0 Å². The quantitative estimate of drug-likeness (QED) is 0.882. The molecule has 1 fully saturated rings. The molecule has 1 aromatic carbocycles. The molecule has 18 heavy (non-hydrogen) atoms. The van der Waals surface area contributed by atoms with Crippen molar-refractivity contribution in [2.75, 3.05) is 6.61 Å². The van der Waals surface area contributed by atoms with E-state index in [2.05, 4.69) is 30.4 Å². The third kappa shape index (κ3) is 2.69. The first-order valence-electron chi connectivity index (χ1n) is 7.29. The summed E-state index contributed by atoms with van der Waals surface area (Å²) in [5.41, 5.74) is 2.78.